The summed E-state index contributed by atoms with van der Waals surface area (Å²) in [7, 11) is 5.58. The number of benzene rings is 2. The first-order valence-electron chi connectivity index (χ1n) is 11.8. The van der Waals surface area contributed by atoms with Gasteiger partial charge in [0, 0.05) is 31.3 Å². The molecule has 0 N–H and O–H groups in total. The highest BCUT2D eigenvalue weighted by molar-refractivity contribution is 5.75. The second-order valence-electron chi connectivity index (χ2n) is 9.15. The third-order valence-electron chi connectivity index (χ3n) is 6.81. The molecule has 36 heavy (non-hydrogen) atoms. The molecule has 1 unspecified atom stereocenters. The highest BCUT2D eigenvalue weighted by Gasteiger charge is 2.25. The average Bonchev–Trinajstić information content (AvgIpc) is 3.16. The number of piperidine rings is 1. The molecule has 0 saturated carbocycles. The number of hydrogen-bond acceptors (Lipinski definition) is 6. The Morgan fingerprint density at radius 1 is 1.17 bits per heavy atom. The topological polar surface area (TPSA) is 68.4 Å². The van der Waals surface area contributed by atoms with Crippen molar-refractivity contribution in [3.8, 4) is 11.4 Å². The maximum Gasteiger partial charge on any atom is 0.335 e. The Hall–Kier alpha value is -3.79. The predicted octanol–water partition coefficient (Wildman–Crippen LogP) is 3.45. The maximum atomic E-state index is 14.5. The van der Waals surface area contributed by atoms with Gasteiger partial charge in [-0.25, -0.2) is 23.1 Å². The van der Waals surface area contributed by atoms with E-state index in [1.54, 1.807) is 37.6 Å². The molecule has 10 heteroatoms. The monoisotopic (exact) mass is 494 g/mol. The maximum absolute atomic E-state index is 14.5. The van der Waals surface area contributed by atoms with E-state index >= 15 is 0 Å². The van der Waals surface area contributed by atoms with Crippen molar-refractivity contribution in [3.05, 3.63) is 76.3 Å². The Balaban J connectivity index is 1.67. The van der Waals surface area contributed by atoms with E-state index < -0.39 is 17.3 Å². The Morgan fingerprint density at radius 3 is 2.64 bits per heavy atom. The zero-order valence-electron chi connectivity index (χ0n) is 20.5. The lowest BCUT2D eigenvalue weighted by atomic mass is 10.1. The first-order chi connectivity index (χ1) is 17.4. The van der Waals surface area contributed by atoms with Crippen LogP contribution in [0.5, 0.6) is 5.75 Å². The standard InChI is InChI=1S/C26H28F2N6O2/c1-31-12-6-8-18(15-31)32(2)25-29-14-23-24(30-25)34(17-7-4-9-19(13-17)36-3)26(35)33(23)16-20-21(27)10-5-11-22(20)28/h4-5,7,9-11,13-14,18H,6,8,12,15-16H2,1-3H3. The second-order valence-corrected chi connectivity index (χ2v) is 9.15. The van der Waals surface area contributed by atoms with E-state index in [4.69, 9.17) is 9.72 Å². The minimum atomic E-state index is -0.720. The molecule has 3 heterocycles. The fraction of sp³-hybridized carbons (Fsp3) is 0.346. The van der Waals surface area contributed by atoms with Gasteiger partial charge in [0.15, 0.2) is 5.65 Å². The first-order valence-corrected chi connectivity index (χ1v) is 11.8. The van der Waals surface area contributed by atoms with Crippen LogP contribution in [0.4, 0.5) is 14.7 Å². The Labute approximate surface area is 207 Å². The summed E-state index contributed by atoms with van der Waals surface area (Å²) in [5.41, 5.74) is 0.583. The van der Waals surface area contributed by atoms with Crippen LogP contribution >= 0.6 is 0 Å². The summed E-state index contributed by atoms with van der Waals surface area (Å²) in [6.45, 7) is 1.64. The van der Waals surface area contributed by atoms with E-state index in [-0.39, 0.29) is 18.2 Å². The molecule has 8 nitrogen and oxygen atoms in total. The Bertz CT molecular complexity index is 1450. The van der Waals surface area contributed by atoms with Gasteiger partial charge in [0.2, 0.25) is 5.95 Å². The van der Waals surface area contributed by atoms with Crippen LogP contribution in [0.2, 0.25) is 0 Å². The van der Waals surface area contributed by atoms with Crippen molar-refractivity contribution in [2.45, 2.75) is 25.4 Å². The molecule has 5 rings (SSSR count). The number of nitrogens with zero attached hydrogens (tertiary/aromatic N) is 6. The summed E-state index contributed by atoms with van der Waals surface area (Å²) in [4.78, 5) is 27.3. The molecule has 1 aliphatic rings. The van der Waals surface area contributed by atoms with Crippen LogP contribution in [-0.2, 0) is 6.54 Å². The Kier molecular flexibility index (Phi) is 6.44. The van der Waals surface area contributed by atoms with Crippen molar-refractivity contribution in [2.24, 2.45) is 0 Å². The summed E-state index contributed by atoms with van der Waals surface area (Å²) in [5.74, 6) is -0.392. The number of imidazole rings is 1. The quantitative estimate of drug-likeness (QED) is 0.409. The van der Waals surface area contributed by atoms with Gasteiger partial charge in [-0.2, -0.15) is 4.98 Å². The van der Waals surface area contributed by atoms with Crippen molar-refractivity contribution < 1.29 is 13.5 Å². The lowest BCUT2D eigenvalue weighted by Gasteiger charge is -2.35. The second kappa shape index (κ2) is 9.69. The number of anilines is 1. The number of methoxy groups -OCH3 is 1. The van der Waals surface area contributed by atoms with E-state index in [0.29, 0.717) is 28.5 Å². The minimum Gasteiger partial charge on any atom is -0.497 e. The van der Waals surface area contributed by atoms with Crippen molar-refractivity contribution in [2.75, 3.05) is 39.2 Å². The fourth-order valence-electron chi connectivity index (χ4n) is 4.79. The van der Waals surface area contributed by atoms with Gasteiger partial charge in [0.05, 0.1) is 25.5 Å². The predicted molar refractivity (Wildman–Crippen MR) is 134 cm³/mol. The number of likely N-dealkylation sites (N-methyl/N-ethyl adjacent to an activating group) is 2. The van der Waals surface area contributed by atoms with E-state index in [2.05, 4.69) is 16.9 Å². The summed E-state index contributed by atoms with van der Waals surface area (Å²) < 4.78 is 37.0. The number of rotatable bonds is 6. The highest BCUT2D eigenvalue weighted by atomic mass is 19.1. The van der Waals surface area contributed by atoms with Gasteiger partial charge in [-0.1, -0.05) is 12.1 Å². The third kappa shape index (κ3) is 4.32. The molecule has 0 bridgehead atoms. The zero-order chi connectivity index (χ0) is 25.4. The SMILES string of the molecule is COc1cccc(-n2c(=O)n(Cc3c(F)cccc3F)c3cnc(N(C)C4CCCN(C)C4)nc32)c1. The van der Waals surface area contributed by atoms with Gasteiger partial charge >= 0.3 is 5.69 Å². The molecule has 0 amide bonds. The normalized spacial score (nSPS) is 16.4. The molecule has 0 aliphatic carbocycles. The van der Waals surface area contributed by atoms with Gasteiger partial charge in [-0.15, -0.1) is 0 Å². The van der Waals surface area contributed by atoms with E-state index in [0.717, 1.165) is 25.9 Å². The Morgan fingerprint density at radius 2 is 1.92 bits per heavy atom. The molecular weight excluding hydrogens is 466 g/mol. The summed E-state index contributed by atoms with van der Waals surface area (Å²) in [5, 5.41) is 0. The minimum absolute atomic E-state index is 0.198. The van der Waals surface area contributed by atoms with Gasteiger partial charge in [0.25, 0.3) is 0 Å². The third-order valence-corrected chi connectivity index (χ3v) is 6.81. The van der Waals surface area contributed by atoms with Crippen LogP contribution < -0.4 is 15.3 Å². The van der Waals surface area contributed by atoms with Crippen LogP contribution in [0, 0.1) is 11.6 Å². The van der Waals surface area contributed by atoms with Gasteiger partial charge in [0.1, 0.15) is 22.9 Å². The first kappa shape index (κ1) is 23.9. The summed E-state index contributed by atoms with van der Waals surface area (Å²) >= 11 is 0. The molecule has 2 aromatic carbocycles. The van der Waals surface area contributed by atoms with Crippen LogP contribution in [0.25, 0.3) is 16.9 Å². The lowest BCUT2D eigenvalue weighted by Crippen LogP contribution is -2.45. The summed E-state index contributed by atoms with van der Waals surface area (Å²) in [6, 6.07) is 10.9. The van der Waals surface area contributed by atoms with Crippen molar-refractivity contribution in [3.63, 3.8) is 0 Å². The fourth-order valence-corrected chi connectivity index (χ4v) is 4.79. The van der Waals surface area contributed by atoms with Gasteiger partial charge in [-0.05, 0) is 50.7 Å². The number of halogens is 2. The average molecular weight is 495 g/mol. The van der Waals surface area contributed by atoms with Crippen molar-refractivity contribution >= 4 is 17.1 Å². The molecular formula is C26H28F2N6O2. The molecule has 4 aromatic rings. The number of aromatic nitrogens is 4. The molecule has 1 atom stereocenters. The molecule has 1 fully saturated rings. The van der Waals surface area contributed by atoms with E-state index in [1.165, 1.54) is 27.3 Å². The van der Waals surface area contributed by atoms with E-state index in [1.807, 2.05) is 11.9 Å². The van der Waals surface area contributed by atoms with Crippen molar-refractivity contribution in [1.82, 2.24) is 24.0 Å². The zero-order valence-corrected chi connectivity index (χ0v) is 20.5. The number of ether oxygens (including phenoxy) is 1. The molecule has 1 saturated heterocycles. The van der Waals surface area contributed by atoms with Crippen molar-refractivity contribution in [1.29, 1.82) is 0 Å². The lowest BCUT2D eigenvalue weighted by molar-refractivity contribution is 0.247. The largest absolute Gasteiger partial charge is 0.497 e. The number of fused-ring (bicyclic) bond motifs is 1. The molecule has 0 spiro atoms. The molecule has 1 aliphatic heterocycles. The molecule has 188 valence electrons. The van der Waals surface area contributed by atoms with Crippen LogP contribution in [-0.4, -0.2) is 64.3 Å². The van der Waals surface area contributed by atoms with Crippen LogP contribution in [0.1, 0.15) is 18.4 Å². The number of likely N-dealkylation sites (tertiary alicyclic amines) is 1. The van der Waals surface area contributed by atoms with Gasteiger partial charge in [-0.3, -0.25) is 4.57 Å². The highest BCUT2D eigenvalue weighted by Crippen LogP contribution is 2.24. The summed E-state index contributed by atoms with van der Waals surface area (Å²) in [6.07, 6.45) is 3.64. The van der Waals surface area contributed by atoms with Gasteiger partial charge < -0.3 is 14.5 Å². The molecule has 2 aromatic heterocycles. The molecule has 0 radical (unpaired) electrons. The van der Waals surface area contributed by atoms with Crippen LogP contribution in [0.3, 0.4) is 0 Å². The number of hydrogen-bond donors (Lipinski definition) is 0. The van der Waals surface area contributed by atoms with Crippen LogP contribution in [0.15, 0.2) is 53.5 Å². The van der Waals surface area contributed by atoms with E-state index in [9.17, 15) is 13.6 Å². The smallest absolute Gasteiger partial charge is 0.335 e.